The second-order valence-corrected chi connectivity index (χ2v) is 6.72. The summed E-state index contributed by atoms with van der Waals surface area (Å²) in [7, 11) is 1.58. The quantitative estimate of drug-likeness (QED) is 0.497. The predicted octanol–water partition coefficient (Wildman–Crippen LogP) is 4.98. The third-order valence-electron chi connectivity index (χ3n) is 4.37. The first kappa shape index (κ1) is 19.9. The summed E-state index contributed by atoms with van der Waals surface area (Å²) in [4.78, 5) is 23.4. The van der Waals surface area contributed by atoms with Crippen LogP contribution >= 0.6 is 0 Å². The monoisotopic (exact) mass is 388 g/mol. The number of rotatable bonds is 5. The first-order chi connectivity index (χ1) is 14.0. The Morgan fingerprint density at radius 2 is 1.00 bits per heavy atom. The molecule has 29 heavy (non-hydrogen) atoms. The van der Waals surface area contributed by atoms with Crippen molar-refractivity contribution in [3.63, 3.8) is 0 Å². The van der Waals surface area contributed by atoms with Crippen LogP contribution < -0.4 is 21.3 Å². The number of anilines is 3. The Hall–Kier alpha value is -3.80. The molecule has 0 fully saturated rings. The molecule has 0 aromatic heterocycles. The minimum atomic E-state index is -0.277. The van der Waals surface area contributed by atoms with Gasteiger partial charge in [0.25, 0.3) is 0 Å². The van der Waals surface area contributed by atoms with E-state index in [1.54, 1.807) is 7.05 Å². The highest BCUT2D eigenvalue weighted by Crippen LogP contribution is 2.16. The van der Waals surface area contributed by atoms with E-state index >= 15 is 0 Å². The second-order valence-electron chi connectivity index (χ2n) is 6.72. The Kier molecular flexibility index (Phi) is 6.47. The summed E-state index contributed by atoms with van der Waals surface area (Å²) >= 11 is 0. The van der Waals surface area contributed by atoms with Gasteiger partial charge in [-0.15, -0.1) is 0 Å². The van der Waals surface area contributed by atoms with E-state index in [2.05, 4.69) is 21.3 Å². The van der Waals surface area contributed by atoms with Crippen molar-refractivity contribution in [1.82, 2.24) is 5.32 Å². The number of benzene rings is 3. The molecule has 3 rings (SSSR count). The van der Waals surface area contributed by atoms with Crippen LogP contribution in [0.25, 0.3) is 0 Å². The number of nitrogens with one attached hydrogen (secondary N) is 4. The average Bonchev–Trinajstić information content (AvgIpc) is 2.72. The fourth-order valence-corrected chi connectivity index (χ4v) is 2.77. The summed E-state index contributed by atoms with van der Waals surface area (Å²) < 4.78 is 0. The minimum Gasteiger partial charge on any atom is -0.341 e. The van der Waals surface area contributed by atoms with E-state index in [1.165, 1.54) is 0 Å². The SMILES string of the molecule is CNC(=O)Nc1ccc(Cc2ccc(NC(=O)Nc3ccc(C)cc3)cc2)cc1. The van der Waals surface area contributed by atoms with E-state index in [-0.39, 0.29) is 12.1 Å². The van der Waals surface area contributed by atoms with Crippen LogP contribution in [0.4, 0.5) is 26.7 Å². The lowest BCUT2D eigenvalue weighted by molar-refractivity contribution is 0.254. The summed E-state index contributed by atoms with van der Waals surface area (Å²) in [5.74, 6) is 0. The number of amides is 4. The van der Waals surface area contributed by atoms with Gasteiger partial charge in [-0.25, -0.2) is 9.59 Å². The van der Waals surface area contributed by atoms with Gasteiger partial charge >= 0.3 is 12.1 Å². The molecule has 0 aliphatic carbocycles. The normalized spacial score (nSPS) is 10.1. The van der Waals surface area contributed by atoms with Crippen molar-refractivity contribution in [2.45, 2.75) is 13.3 Å². The number of aryl methyl sites for hydroxylation is 1. The van der Waals surface area contributed by atoms with Crippen LogP contribution in [0.15, 0.2) is 72.8 Å². The van der Waals surface area contributed by atoms with Crippen LogP contribution in [0.2, 0.25) is 0 Å². The van der Waals surface area contributed by atoms with Crippen LogP contribution in [0.5, 0.6) is 0 Å². The third-order valence-corrected chi connectivity index (χ3v) is 4.37. The number of hydrogen-bond acceptors (Lipinski definition) is 2. The van der Waals surface area contributed by atoms with Crippen LogP contribution in [0.3, 0.4) is 0 Å². The maximum Gasteiger partial charge on any atom is 0.323 e. The molecule has 3 aromatic rings. The third kappa shape index (κ3) is 6.10. The summed E-state index contributed by atoms with van der Waals surface area (Å²) in [6.45, 7) is 2.00. The van der Waals surface area contributed by atoms with Gasteiger partial charge in [0, 0.05) is 24.1 Å². The molecule has 6 nitrogen and oxygen atoms in total. The van der Waals surface area contributed by atoms with Crippen molar-refractivity contribution in [2.24, 2.45) is 0 Å². The largest absolute Gasteiger partial charge is 0.341 e. The van der Waals surface area contributed by atoms with Gasteiger partial charge in [-0.3, -0.25) is 0 Å². The van der Waals surface area contributed by atoms with Crippen LogP contribution in [0.1, 0.15) is 16.7 Å². The molecule has 0 heterocycles. The van der Waals surface area contributed by atoms with Crippen molar-refractivity contribution < 1.29 is 9.59 Å². The van der Waals surface area contributed by atoms with Crippen molar-refractivity contribution >= 4 is 29.1 Å². The number of carbonyl (C=O) groups excluding carboxylic acids is 2. The summed E-state index contributed by atoms with van der Waals surface area (Å²) in [6.07, 6.45) is 0.760. The molecular formula is C23H24N4O2. The van der Waals surface area contributed by atoms with Crippen molar-refractivity contribution in [3.05, 3.63) is 89.5 Å². The van der Waals surface area contributed by atoms with E-state index < -0.39 is 0 Å². The van der Waals surface area contributed by atoms with Gasteiger partial charge in [0.05, 0.1) is 0 Å². The molecule has 0 aliphatic rings. The highest BCUT2D eigenvalue weighted by Gasteiger charge is 2.04. The number of urea groups is 2. The molecule has 0 atom stereocenters. The van der Waals surface area contributed by atoms with Gasteiger partial charge in [-0.1, -0.05) is 42.0 Å². The molecule has 0 bridgehead atoms. The zero-order valence-electron chi connectivity index (χ0n) is 16.5. The molecule has 3 aromatic carbocycles. The molecule has 148 valence electrons. The lowest BCUT2D eigenvalue weighted by atomic mass is 10.0. The Balaban J connectivity index is 1.53. The van der Waals surface area contributed by atoms with Gasteiger partial charge in [-0.05, 0) is 60.9 Å². The number of carbonyl (C=O) groups is 2. The average molecular weight is 388 g/mol. The Labute approximate surface area is 170 Å². The van der Waals surface area contributed by atoms with E-state index in [4.69, 9.17) is 0 Å². The zero-order valence-corrected chi connectivity index (χ0v) is 16.5. The molecule has 0 saturated carbocycles. The van der Waals surface area contributed by atoms with E-state index in [1.807, 2.05) is 79.7 Å². The van der Waals surface area contributed by atoms with E-state index in [0.29, 0.717) is 0 Å². The van der Waals surface area contributed by atoms with Gasteiger partial charge in [0.1, 0.15) is 0 Å². The van der Waals surface area contributed by atoms with Gasteiger partial charge in [0.2, 0.25) is 0 Å². The second kappa shape index (κ2) is 9.41. The highest BCUT2D eigenvalue weighted by molar-refractivity contribution is 5.99. The van der Waals surface area contributed by atoms with E-state index in [0.717, 1.165) is 40.2 Å². The first-order valence-corrected chi connectivity index (χ1v) is 9.33. The highest BCUT2D eigenvalue weighted by atomic mass is 16.2. The minimum absolute atomic E-state index is 0.243. The lowest BCUT2D eigenvalue weighted by Gasteiger charge is -2.09. The molecule has 0 radical (unpaired) electrons. The van der Waals surface area contributed by atoms with Crippen LogP contribution in [-0.4, -0.2) is 19.1 Å². The van der Waals surface area contributed by atoms with Crippen molar-refractivity contribution in [1.29, 1.82) is 0 Å². The Bertz CT molecular complexity index is 965. The molecule has 0 aliphatic heterocycles. The predicted molar refractivity (Wildman–Crippen MR) is 118 cm³/mol. The topological polar surface area (TPSA) is 82.3 Å². The van der Waals surface area contributed by atoms with Crippen LogP contribution in [-0.2, 0) is 6.42 Å². The zero-order chi connectivity index (χ0) is 20.6. The summed E-state index contributed by atoms with van der Waals surface area (Å²) in [5.41, 5.74) is 5.62. The molecular weight excluding hydrogens is 364 g/mol. The van der Waals surface area contributed by atoms with Gasteiger partial charge in [-0.2, -0.15) is 0 Å². The first-order valence-electron chi connectivity index (χ1n) is 9.33. The summed E-state index contributed by atoms with van der Waals surface area (Å²) in [6, 6.07) is 22.5. The van der Waals surface area contributed by atoms with Gasteiger partial charge < -0.3 is 21.3 Å². The maximum atomic E-state index is 12.1. The Morgan fingerprint density at radius 3 is 1.41 bits per heavy atom. The maximum absolute atomic E-state index is 12.1. The number of hydrogen-bond donors (Lipinski definition) is 4. The van der Waals surface area contributed by atoms with Gasteiger partial charge in [0.15, 0.2) is 0 Å². The fraction of sp³-hybridized carbons (Fsp3) is 0.130. The molecule has 6 heteroatoms. The van der Waals surface area contributed by atoms with E-state index in [9.17, 15) is 9.59 Å². The molecule has 0 saturated heterocycles. The Morgan fingerprint density at radius 1 is 0.621 bits per heavy atom. The molecule has 4 N–H and O–H groups in total. The molecule has 0 spiro atoms. The van der Waals surface area contributed by atoms with Crippen molar-refractivity contribution in [3.8, 4) is 0 Å². The van der Waals surface area contributed by atoms with Crippen LogP contribution in [0, 0.1) is 6.92 Å². The molecule has 0 unspecified atom stereocenters. The summed E-state index contributed by atoms with van der Waals surface area (Å²) in [5, 5.41) is 10.9. The smallest absolute Gasteiger partial charge is 0.323 e. The molecule has 4 amide bonds. The van der Waals surface area contributed by atoms with Crippen molar-refractivity contribution in [2.75, 3.05) is 23.0 Å². The lowest BCUT2D eigenvalue weighted by Crippen LogP contribution is -2.24. The fourth-order valence-electron chi connectivity index (χ4n) is 2.77. The standard InChI is InChI=1S/C23H24N4O2/c1-16-3-9-19(10-4-16)26-23(29)27-21-13-7-18(8-14-21)15-17-5-11-20(12-6-17)25-22(28)24-2/h3-14H,15H2,1-2H3,(H2,24,25,28)(H2,26,27,29).